The Bertz CT molecular complexity index is 217. The van der Waals surface area contributed by atoms with Crippen LogP contribution in [0.3, 0.4) is 0 Å². The second-order valence-electron chi connectivity index (χ2n) is 4.58. The maximum Gasteiger partial charge on any atom is 0.305 e. The summed E-state index contributed by atoms with van der Waals surface area (Å²) < 4.78 is 10.8. The molecule has 2 rings (SSSR count). The lowest BCUT2D eigenvalue weighted by Crippen LogP contribution is -2.33. The molecule has 2 atom stereocenters. The van der Waals surface area contributed by atoms with E-state index in [-0.39, 0.29) is 18.2 Å². The van der Waals surface area contributed by atoms with Gasteiger partial charge in [-0.1, -0.05) is 26.2 Å². The van der Waals surface area contributed by atoms with Crippen LogP contribution >= 0.6 is 0 Å². The summed E-state index contributed by atoms with van der Waals surface area (Å²) in [5.74, 6) is 0.461. The van der Waals surface area contributed by atoms with Gasteiger partial charge in [-0.2, -0.15) is 0 Å². The fourth-order valence-electron chi connectivity index (χ4n) is 2.42. The summed E-state index contributed by atoms with van der Waals surface area (Å²) in [4.78, 5) is 11.3. The van der Waals surface area contributed by atoms with E-state index in [4.69, 9.17) is 9.47 Å². The average Bonchev–Trinajstić information content (AvgIpc) is 3.10. The molecule has 2 aliphatic rings. The van der Waals surface area contributed by atoms with Gasteiger partial charge in [0.25, 0.3) is 0 Å². The molecular weight excluding hydrogens is 192 g/mol. The first kappa shape index (κ1) is 10.9. The zero-order valence-electron chi connectivity index (χ0n) is 9.41. The van der Waals surface area contributed by atoms with Gasteiger partial charge in [0.2, 0.25) is 0 Å². The van der Waals surface area contributed by atoms with Gasteiger partial charge in [-0.25, -0.2) is 0 Å². The van der Waals surface area contributed by atoms with Crippen molar-refractivity contribution in [2.24, 2.45) is 5.92 Å². The van der Waals surface area contributed by atoms with Crippen LogP contribution in [0.15, 0.2) is 0 Å². The van der Waals surface area contributed by atoms with E-state index in [2.05, 4.69) is 0 Å². The van der Waals surface area contributed by atoms with Crippen molar-refractivity contribution in [3.05, 3.63) is 0 Å². The van der Waals surface area contributed by atoms with Crippen LogP contribution in [0.25, 0.3) is 0 Å². The van der Waals surface area contributed by atoms with Crippen LogP contribution in [0.2, 0.25) is 0 Å². The summed E-state index contributed by atoms with van der Waals surface area (Å²) >= 11 is 0. The van der Waals surface area contributed by atoms with E-state index in [0.29, 0.717) is 12.3 Å². The second-order valence-corrected chi connectivity index (χ2v) is 4.58. The first-order valence-corrected chi connectivity index (χ1v) is 6.12. The van der Waals surface area contributed by atoms with Crippen LogP contribution < -0.4 is 0 Å². The van der Waals surface area contributed by atoms with E-state index in [1.54, 1.807) is 0 Å². The van der Waals surface area contributed by atoms with Crippen molar-refractivity contribution in [1.82, 2.24) is 0 Å². The topological polar surface area (TPSA) is 38.8 Å². The molecule has 15 heavy (non-hydrogen) atoms. The largest absolute Gasteiger partial charge is 0.459 e. The van der Waals surface area contributed by atoms with Gasteiger partial charge in [0.15, 0.2) is 0 Å². The maximum absolute atomic E-state index is 11.3. The average molecular weight is 212 g/mol. The molecule has 1 aliphatic carbocycles. The molecule has 0 aromatic heterocycles. The molecule has 86 valence electrons. The Morgan fingerprint density at radius 3 is 2.60 bits per heavy atom. The summed E-state index contributed by atoms with van der Waals surface area (Å²) in [7, 11) is 0. The smallest absolute Gasteiger partial charge is 0.305 e. The zero-order valence-corrected chi connectivity index (χ0v) is 9.41. The summed E-state index contributed by atoms with van der Waals surface area (Å²) in [6, 6.07) is 0. The number of epoxide rings is 1. The molecule has 1 heterocycles. The Kier molecular flexibility index (Phi) is 3.62. The summed E-state index contributed by atoms with van der Waals surface area (Å²) in [6.07, 6.45) is 6.98. The lowest BCUT2D eigenvalue weighted by atomic mass is 9.84. The van der Waals surface area contributed by atoms with Crippen LogP contribution in [-0.2, 0) is 14.3 Å². The highest BCUT2D eigenvalue weighted by atomic mass is 16.6. The summed E-state index contributed by atoms with van der Waals surface area (Å²) in [5.41, 5.74) is 0. The molecule has 0 aromatic carbocycles. The highest BCUT2D eigenvalue weighted by Crippen LogP contribution is 2.33. The molecule has 0 aromatic rings. The summed E-state index contributed by atoms with van der Waals surface area (Å²) in [5, 5.41) is 0. The maximum atomic E-state index is 11.3. The molecule has 2 unspecified atom stereocenters. The van der Waals surface area contributed by atoms with Crippen molar-refractivity contribution < 1.29 is 14.3 Å². The van der Waals surface area contributed by atoms with Gasteiger partial charge in [0.1, 0.15) is 12.2 Å². The molecule has 1 saturated carbocycles. The molecule has 2 fully saturated rings. The third kappa shape index (κ3) is 2.94. The molecule has 3 nitrogen and oxygen atoms in total. The monoisotopic (exact) mass is 212 g/mol. The predicted molar refractivity (Wildman–Crippen MR) is 56.5 cm³/mol. The number of carbonyl (C=O) groups excluding carboxylic acids is 1. The Morgan fingerprint density at radius 1 is 1.40 bits per heavy atom. The Morgan fingerprint density at radius 2 is 2.07 bits per heavy atom. The number of carbonyl (C=O) groups is 1. The van der Waals surface area contributed by atoms with E-state index in [0.717, 1.165) is 6.61 Å². The minimum atomic E-state index is -0.0823. The molecule has 1 saturated heterocycles. The number of rotatable bonds is 4. The number of hydrogen-bond donors (Lipinski definition) is 0. The lowest BCUT2D eigenvalue weighted by molar-refractivity contribution is -0.153. The fraction of sp³-hybridized carbons (Fsp3) is 0.917. The van der Waals surface area contributed by atoms with Crippen LogP contribution in [0.4, 0.5) is 0 Å². The third-order valence-electron chi connectivity index (χ3n) is 3.40. The minimum absolute atomic E-state index is 0.0396. The molecule has 1 aliphatic heterocycles. The highest BCUT2D eigenvalue weighted by molar-refractivity contribution is 5.69. The van der Waals surface area contributed by atoms with Crippen molar-refractivity contribution in [3.63, 3.8) is 0 Å². The zero-order chi connectivity index (χ0) is 10.7. The molecule has 0 bridgehead atoms. The van der Waals surface area contributed by atoms with Crippen LogP contribution in [0.5, 0.6) is 0 Å². The van der Waals surface area contributed by atoms with Gasteiger partial charge >= 0.3 is 5.97 Å². The van der Waals surface area contributed by atoms with Crippen molar-refractivity contribution in [2.45, 2.75) is 57.7 Å². The van der Waals surface area contributed by atoms with Crippen molar-refractivity contribution >= 4 is 5.97 Å². The first-order chi connectivity index (χ1) is 7.31. The quantitative estimate of drug-likeness (QED) is 0.530. The Hall–Kier alpha value is -0.570. The Labute approximate surface area is 91.1 Å². The lowest BCUT2D eigenvalue weighted by Gasteiger charge is -2.28. The second kappa shape index (κ2) is 4.97. The van der Waals surface area contributed by atoms with Crippen LogP contribution in [-0.4, -0.2) is 24.8 Å². The summed E-state index contributed by atoms with van der Waals surface area (Å²) in [6.45, 7) is 2.62. The van der Waals surface area contributed by atoms with Crippen LogP contribution in [0, 0.1) is 5.92 Å². The Balaban J connectivity index is 1.89. The fourth-order valence-corrected chi connectivity index (χ4v) is 2.42. The van der Waals surface area contributed by atoms with Gasteiger partial charge in [-0.05, 0) is 18.8 Å². The molecule has 0 N–H and O–H groups in total. The standard InChI is InChI=1S/C12H20O3/c1-2-11(13)15-12(10-8-14-10)9-6-4-3-5-7-9/h9-10,12H,2-8H2,1H3. The first-order valence-electron chi connectivity index (χ1n) is 6.12. The van der Waals surface area contributed by atoms with Crippen molar-refractivity contribution in [2.75, 3.05) is 6.61 Å². The SMILES string of the molecule is CCC(=O)OC(C1CCCCC1)C1CO1. The number of hydrogen-bond acceptors (Lipinski definition) is 3. The highest BCUT2D eigenvalue weighted by Gasteiger charge is 2.40. The predicted octanol–water partition coefficient (Wildman–Crippen LogP) is 2.29. The third-order valence-corrected chi connectivity index (χ3v) is 3.40. The van der Waals surface area contributed by atoms with Gasteiger partial charge in [-0.15, -0.1) is 0 Å². The van der Waals surface area contributed by atoms with E-state index in [1.165, 1.54) is 32.1 Å². The molecule has 0 radical (unpaired) electrons. The van der Waals surface area contributed by atoms with E-state index in [1.807, 2.05) is 6.92 Å². The normalized spacial score (nSPS) is 28.5. The van der Waals surface area contributed by atoms with Gasteiger partial charge < -0.3 is 9.47 Å². The van der Waals surface area contributed by atoms with Crippen molar-refractivity contribution in [3.8, 4) is 0 Å². The van der Waals surface area contributed by atoms with E-state index in [9.17, 15) is 4.79 Å². The van der Waals surface area contributed by atoms with Crippen LogP contribution in [0.1, 0.15) is 45.4 Å². The molecule has 0 spiro atoms. The van der Waals surface area contributed by atoms with E-state index < -0.39 is 0 Å². The minimum Gasteiger partial charge on any atom is -0.459 e. The van der Waals surface area contributed by atoms with Gasteiger partial charge in [0.05, 0.1) is 6.61 Å². The number of esters is 1. The van der Waals surface area contributed by atoms with Gasteiger partial charge in [0, 0.05) is 6.42 Å². The molecular formula is C12H20O3. The number of ether oxygens (including phenoxy) is 2. The molecule has 0 amide bonds. The molecule has 3 heteroatoms. The van der Waals surface area contributed by atoms with Crippen molar-refractivity contribution in [1.29, 1.82) is 0 Å². The van der Waals surface area contributed by atoms with Gasteiger partial charge in [-0.3, -0.25) is 4.79 Å². The van der Waals surface area contributed by atoms with E-state index >= 15 is 0 Å².